The molecule has 4 rings (SSSR count). The molecule has 2 aliphatic heterocycles. The average Bonchev–Trinajstić information content (AvgIpc) is 2.40. The summed E-state index contributed by atoms with van der Waals surface area (Å²) >= 11 is 0. The molecular formula is C19H30O6. The van der Waals surface area contributed by atoms with Crippen molar-refractivity contribution in [1.82, 2.24) is 0 Å². The van der Waals surface area contributed by atoms with Crippen LogP contribution in [0, 0.1) is 22.2 Å². The zero-order valence-electron chi connectivity index (χ0n) is 15.6. The fourth-order valence-corrected chi connectivity index (χ4v) is 4.69. The number of hydrogen-bond acceptors (Lipinski definition) is 6. The van der Waals surface area contributed by atoms with Gasteiger partial charge >= 0.3 is 11.9 Å². The van der Waals surface area contributed by atoms with Crippen LogP contribution in [0.5, 0.6) is 0 Å². The Morgan fingerprint density at radius 3 is 1.84 bits per heavy atom. The number of carbonyl (C=O) groups excluding carboxylic acids is 2. The monoisotopic (exact) mass is 354 g/mol. The highest BCUT2D eigenvalue weighted by Crippen LogP contribution is 2.58. The number of ether oxygens (including phenoxy) is 4. The summed E-state index contributed by atoms with van der Waals surface area (Å²) in [6.07, 6.45) is 3.84. The topological polar surface area (TPSA) is 71.1 Å². The van der Waals surface area contributed by atoms with E-state index >= 15 is 0 Å². The van der Waals surface area contributed by atoms with E-state index in [9.17, 15) is 9.59 Å². The molecule has 6 nitrogen and oxygen atoms in total. The Bertz CT molecular complexity index is 504. The van der Waals surface area contributed by atoms with Crippen molar-refractivity contribution in [3.8, 4) is 0 Å². The Morgan fingerprint density at radius 1 is 0.920 bits per heavy atom. The molecule has 142 valence electrons. The second-order valence-electron chi connectivity index (χ2n) is 8.48. The van der Waals surface area contributed by atoms with Crippen LogP contribution >= 0.6 is 0 Å². The Labute approximate surface area is 149 Å². The normalized spacial score (nSPS) is 29.0. The lowest BCUT2D eigenvalue weighted by molar-refractivity contribution is -0.219. The lowest BCUT2D eigenvalue weighted by Gasteiger charge is -2.57. The van der Waals surface area contributed by atoms with E-state index in [-0.39, 0.29) is 23.3 Å². The molecule has 0 radical (unpaired) electrons. The molecule has 0 aromatic rings. The van der Waals surface area contributed by atoms with Gasteiger partial charge in [-0.15, -0.1) is 0 Å². The van der Waals surface area contributed by atoms with Crippen molar-refractivity contribution >= 4 is 11.9 Å². The van der Waals surface area contributed by atoms with E-state index < -0.39 is 0 Å². The first-order valence-corrected chi connectivity index (χ1v) is 9.35. The maximum atomic E-state index is 11.5. The lowest BCUT2D eigenvalue weighted by Crippen LogP contribution is -2.59. The summed E-state index contributed by atoms with van der Waals surface area (Å²) in [4.78, 5) is 22.7. The smallest absolute Gasteiger partial charge is 0.311 e. The number of esters is 2. The minimum atomic E-state index is -0.222. The van der Waals surface area contributed by atoms with Gasteiger partial charge in [0.15, 0.2) is 0 Å². The molecule has 4 fully saturated rings. The standard InChI is InChI=1S/C10H16O3.C9H14O3/c1-3-13-8(11)9(2)4-10(5-9)6-12-7-10;1-2-12-8(10)7-3-9(4-7)5-11-6-9/h3-7H2,1-2H3;7H,2-6H2,1H3. The first kappa shape index (κ1) is 18.6. The van der Waals surface area contributed by atoms with Gasteiger partial charge in [0.25, 0.3) is 0 Å². The SMILES string of the molecule is CCOC(=O)C1(C)CC2(COC2)C1.CCOC(=O)C1CC2(COC2)C1. The molecular weight excluding hydrogens is 324 g/mol. The van der Waals surface area contributed by atoms with Crippen molar-refractivity contribution in [3.05, 3.63) is 0 Å². The number of carbonyl (C=O) groups is 2. The molecule has 2 aliphatic carbocycles. The van der Waals surface area contributed by atoms with E-state index in [0.29, 0.717) is 24.0 Å². The lowest BCUT2D eigenvalue weighted by atomic mass is 9.52. The van der Waals surface area contributed by atoms with E-state index in [1.165, 1.54) is 0 Å². The van der Waals surface area contributed by atoms with Gasteiger partial charge in [-0.1, -0.05) is 0 Å². The Hall–Kier alpha value is -1.14. The maximum Gasteiger partial charge on any atom is 0.311 e. The molecule has 2 saturated carbocycles. The van der Waals surface area contributed by atoms with E-state index in [2.05, 4.69) is 0 Å². The highest BCUT2D eigenvalue weighted by atomic mass is 16.5. The van der Waals surface area contributed by atoms with Crippen LogP contribution in [-0.4, -0.2) is 51.6 Å². The Morgan fingerprint density at radius 2 is 1.44 bits per heavy atom. The van der Waals surface area contributed by atoms with Gasteiger partial charge in [0.1, 0.15) is 0 Å². The molecule has 6 heteroatoms. The van der Waals surface area contributed by atoms with E-state index in [0.717, 1.165) is 52.1 Å². The molecule has 25 heavy (non-hydrogen) atoms. The Balaban J connectivity index is 0.000000146. The average molecular weight is 354 g/mol. The molecule has 2 spiro atoms. The highest BCUT2D eigenvalue weighted by molar-refractivity contribution is 5.78. The summed E-state index contributed by atoms with van der Waals surface area (Å²) in [5, 5.41) is 0. The molecule has 0 aromatic carbocycles. The van der Waals surface area contributed by atoms with E-state index in [1.807, 2.05) is 20.8 Å². The third kappa shape index (κ3) is 3.56. The minimum Gasteiger partial charge on any atom is -0.466 e. The summed E-state index contributed by atoms with van der Waals surface area (Å²) in [7, 11) is 0. The molecule has 0 bridgehead atoms. The molecule has 0 unspecified atom stereocenters. The van der Waals surface area contributed by atoms with E-state index in [4.69, 9.17) is 18.9 Å². The molecule has 2 heterocycles. The van der Waals surface area contributed by atoms with Crippen molar-refractivity contribution in [1.29, 1.82) is 0 Å². The van der Waals surface area contributed by atoms with Crippen LogP contribution in [0.25, 0.3) is 0 Å². The molecule has 0 atom stereocenters. The summed E-state index contributed by atoms with van der Waals surface area (Å²) < 4.78 is 20.2. The van der Waals surface area contributed by atoms with Gasteiger partial charge in [0, 0.05) is 10.8 Å². The van der Waals surface area contributed by atoms with Crippen LogP contribution in [0.3, 0.4) is 0 Å². The van der Waals surface area contributed by atoms with E-state index in [1.54, 1.807) is 0 Å². The fourth-order valence-electron chi connectivity index (χ4n) is 4.69. The zero-order chi connectivity index (χ0) is 18.1. The summed E-state index contributed by atoms with van der Waals surface area (Å²) in [5.41, 5.74) is 0.485. The van der Waals surface area contributed by atoms with Crippen LogP contribution in [0.1, 0.15) is 46.5 Å². The van der Waals surface area contributed by atoms with Gasteiger partial charge in [-0.25, -0.2) is 0 Å². The molecule has 0 amide bonds. The fraction of sp³-hybridized carbons (Fsp3) is 0.895. The van der Waals surface area contributed by atoms with Crippen LogP contribution in [0.4, 0.5) is 0 Å². The first-order chi connectivity index (χ1) is 11.9. The summed E-state index contributed by atoms with van der Waals surface area (Å²) in [5.74, 6) is 0.108. The largest absolute Gasteiger partial charge is 0.466 e. The number of rotatable bonds is 4. The first-order valence-electron chi connectivity index (χ1n) is 9.35. The zero-order valence-corrected chi connectivity index (χ0v) is 15.6. The van der Waals surface area contributed by atoms with Gasteiger partial charge in [0.05, 0.1) is 51.0 Å². The molecule has 4 aliphatic rings. The van der Waals surface area contributed by atoms with Crippen LogP contribution < -0.4 is 0 Å². The highest BCUT2D eigenvalue weighted by Gasteiger charge is 2.60. The Kier molecular flexibility index (Phi) is 5.13. The van der Waals surface area contributed by atoms with Crippen molar-refractivity contribution in [2.75, 3.05) is 39.6 Å². The minimum absolute atomic E-state index is 0.0185. The van der Waals surface area contributed by atoms with Crippen LogP contribution in [0.2, 0.25) is 0 Å². The van der Waals surface area contributed by atoms with Gasteiger partial charge in [-0.3, -0.25) is 9.59 Å². The number of hydrogen-bond donors (Lipinski definition) is 0. The predicted molar refractivity (Wildman–Crippen MR) is 89.8 cm³/mol. The van der Waals surface area contributed by atoms with Crippen LogP contribution in [-0.2, 0) is 28.5 Å². The second-order valence-corrected chi connectivity index (χ2v) is 8.48. The third-order valence-electron chi connectivity index (χ3n) is 5.91. The second kappa shape index (κ2) is 6.88. The van der Waals surface area contributed by atoms with Crippen molar-refractivity contribution < 1.29 is 28.5 Å². The van der Waals surface area contributed by atoms with Gasteiger partial charge in [-0.05, 0) is 46.5 Å². The summed E-state index contributed by atoms with van der Waals surface area (Å²) in [6, 6.07) is 0. The third-order valence-corrected chi connectivity index (χ3v) is 5.91. The van der Waals surface area contributed by atoms with Gasteiger partial charge in [0.2, 0.25) is 0 Å². The summed E-state index contributed by atoms with van der Waals surface area (Å²) in [6.45, 7) is 10.0. The van der Waals surface area contributed by atoms with Crippen molar-refractivity contribution in [3.63, 3.8) is 0 Å². The maximum absolute atomic E-state index is 11.5. The van der Waals surface area contributed by atoms with Crippen molar-refractivity contribution in [2.45, 2.75) is 46.5 Å². The van der Waals surface area contributed by atoms with Crippen molar-refractivity contribution in [2.24, 2.45) is 22.2 Å². The van der Waals surface area contributed by atoms with Crippen LogP contribution in [0.15, 0.2) is 0 Å². The molecule has 0 aromatic heterocycles. The van der Waals surface area contributed by atoms with Gasteiger partial charge < -0.3 is 18.9 Å². The predicted octanol–water partition coefficient (Wildman–Crippen LogP) is 2.34. The molecule has 0 N–H and O–H groups in total. The quantitative estimate of drug-likeness (QED) is 0.722. The van der Waals surface area contributed by atoms with Gasteiger partial charge in [-0.2, -0.15) is 0 Å². The molecule has 2 saturated heterocycles.